The van der Waals surface area contributed by atoms with Crippen molar-refractivity contribution in [2.75, 3.05) is 7.11 Å². The second-order valence-electron chi connectivity index (χ2n) is 9.62. The fourth-order valence-corrected chi connectivity index (χ4v) is 4.24. The van der Waals surface area contributed by atoms with Gasteiger partial charge in [-0.2, -0.15) is 0 Å². The summed E-state index contributed by atoms with van der Waals surface area (Å²) in [6.07, 6.45) is 33.5. The van der Waals surface area contributed by atoms with Gasteiger partial charge in [0.2, 0.25) is 0 Å². The van der Waals surface area contributed by atoms with Crippen LogP contribution in [0.3, 0.4) is 0 Å². The van der Waals surface area contributed by atoms with E-state index in [0.717, 1.165) is 19.3 Å². The van der Waals surface area contributed by atoms with Gasteiger partial charge in [-0.15, -0.1) is 0 Å². The lowest BCUT2D eigenvalue weighted by atomic mass is 10.0. The Morgan fingerprint density at radius 2 is 1.06 bits per heavy atom. The first-order valence-electron chi connectivity index (χ1n) is 14.2. The minimum atomic E-state index is -0.692. The molecule has 0 N–H and O–H groups in total. The van der Waals surface area contributed by atoms with Crippen LogP contribution >= 0.6 is 0 Å². The summed E-state index contributed by atoms with van der Waals surface area (Å²) in [7, 11) is 1.75. The number of allylic oxidation sites excluding steroid dienone is 4. The molecule has 0 fully saturated rings. The zero-order chi connectivity index (χ0) is 23.5. The van der Waals surface area contributed by atoms with Gasteiger partial charge in [0.1, 0.15) is 6.17 Å². The van der Waals surface area contributed by atoms with Gasteiger partial charge >= 0.3 is 0 Å². The molecule has 0 rings (SSSR count). The van der Waals surface area contributed by atoms with Gasteiger partial charge in [-0.3, -0.25) is 0 Å². The topological polar surface area (TPSA) is 9.23 Å². The molecule has 2 unspecified atom stereocenters. The van der Waals surface area contributed by atoms with Crippen molar-refractivity contribution in [2.24, 2.45) is 0 Å². The summed E-state index contributed by atoms with van der Waals surface area (Å²) in [6, 6.07) is 0. The van der Waals surface area contributed by atoms with E-state index in [9.17, 15) is 4.39 Å². The molecular formula is C30H57FO. The normalized spacial score (nSPS) is 14.0. The van der Waals surface area contributed by atoms with E-state index in [1.807, 2.05) is 0 Å². The highest BCUT2D eigenvalue weighted by Gasteiger charge is 2.15. The Morgan fingerprint density at radius 3 is 1.66 bits per heavy atom. The molecule has 0 aromatic rings. The summed E-state index contributed by atoms with van der Waals surface area (Å²) >= 11 is 0. The van der Waals surface area contributed by atoms with E-state index < -0.39 is 6.17 Å². The number of unbranched alkanes of at least 4 members (excludes halogenated alkanes) is 14. The molecule has 0 amide bonds. The van der Waals surface area contributed by atoms with Crippen LogP contribution in [0.25, 0.3) is 0 Å². The fraction of sp³-hybridized carbons (Fsp3) is 0.867. The second kappa shape index (κ2) is 26.6. The molecule has 0 aliphatic carbocycles. The van der Waals surface area contributed by atoms with Crippen molar-refractivity contribution in [1.82, 2.24) is 0 Å². The van der Waals surface area contributed by atoms with Crippen molar-refractivity contribution in [2.45, 2.75) is 161 Å². The van der Waals surface area contributed by atoms with Gasteiger partial charge in [-0.05, 0) is 44.9 Å². The van der Waals surface area contributed by atoms with E-state index in [-0.39, 0.29) is 6.10 Å². The summed E-state index contributed by atoms with van der Waals surface area (Å²) in [5.74, 6) is 0. The summed E-state index contributed by atoms with van der Waals surface area (Å²) in [6.45, 7) is 4.51. The SMILES string of the molecule is CCCCCC=CCC=CCCCCCCCC(F)CC(CCCCCCCCC)OC. The molecular weight excluding hydrogens is 395 g/mol. The van der Waals surface area contributed by atoms with Crippen molar-refractivity contribution in [3.8, 4) is 0 Å². The van der Waals surface area contributed by atoms with E-state index in [1.54, 1.807) is 7.11 Å². The highest BCUT2D eigenvalue weighted by Crippen LogP contribution is 2.19. The Labute approximate surface area is 201 Å². The van der Waals surface area contributed by atoms with E-state index in [1.165, 1.54) is 103 Å². The maximum absolute atomic E-state index is 14.3. The molecule has 190 valence electrons. The largest absolute Gasteiger partial charge is 0.381 e. The van der Waals surface area contributed by atoms with Gasteiger partial charge in [-0.25, -0.2) is 4.39 Å². The minimum absolute atomic E-state index is 0.110. The molecule has 0 aromatic heterocycles. The zero-order valence-corrected chi connectivity index (χ0v) is 22.1. The maximum atomic E-state index is 14.3. The third-order valence-electron chi connectivity index (χ3n) is 6.45. The number of alkyl halides is 1. The molecule has 0 saturated carbocycles. The average Bonchev–Trinajstić information content (AvgIpc) is 2.80. The van der Waals surface area contributed by atoms with Crippen LogP contribution < -0.4 is 0 Å². The molecule has 0 heterocycles. The molecule has 2 atom stereocenters. The van der Waals surface area contributed by atoms with Crippen LogP contribution in [0.5, 0.6) is 0 Å². The van der Waals surface area contributed by atoms with Gasteiger partial charge in [-0.1, -0.05) is 122 Å². The molecule has 2 heteroatoms. The molecule has 1 nitrogen and oxygen atoms in total. The van der Waals surface area contributed by atoms with Crippen LogP contribution in [0.15, 0.2) is 24.3 Å². The highest BCUT2D eigenvalue weighted by molar-refractivity contribution is 4.92. The van der Waals surface area contributed by atoms with Gasteiger partial charge in [0.15, 0.2) is 0 Å². The Bertz CT molecular complexity index is 404. The van der Waals surface area contributed by atoms with Gasteiger partial charge in [0.25, 0.3) is 0 Å². The Kier molecular flexibility index (Phi) is 26.1. The highest BCUT2D eigenvalue weighted by atomic mass is 19.1. The lowest BCUT2D eigenvalue weighted by molar-refractivity contribution is 0.0608. The molecule has 0 bridgehead atoms. The number of hydrogen-bond acceptors (Lipinski definition) is 1. The van der Waals surface area contributed by atoms with Crippen LogP contribution in [0.2, 0.25) is 0 Å². The van der Waals surface area contributed by atoms with Crippen LogP contribution in [0, 0.1) is 0 Å². The second-order valence-corrected chi connectivity index (χ2v) is 9.62. The first-order valence-corrected chi connectivity index (χ1v) is 14.2. The van der Waals surface area contributed by atoms with E-state index in [2.05, 4.69) is 38.2 Å². The number of methoxy groups -OCH3 is 1. The first-order chi connectivity index (χ1) is 15.7. The third-order valence-corrected chi connectivity index (χ3v) is 6.45. The average molecular weight is 453 g/mol. The lowest BCUT2D eigenvalue weighted by Crippen LogP contribution is -2.17. The van der Waals surface area contributed by atoms with Crippen LogP contribution in [0.1, 0.15) is 149 Å². The fourth-order valence-electron chi connectivity index (χ4n) is 4.24. The summed E-state index contributed by atoms with van der Waals surface area (Å²) in [5, 5.41) is 0. The minimum Gasteiger partial charge on any atom is -0.381 e. The molecule has 0 spiro atoms. The number of hydrogen-bond donors (Lipinski definition) is 0. The monoisotopic (exact) mass is 452 g/mol. The molecule has 0 aliphatic rings. The van der Waals surface area contributed by atoms with Crippen LogP contribution in [-0.2, 0) is 4.74 Å². The lowest BCUT2D eigenvalue weighted by Gasteiger charge is -2.18. The number of ether oxygens (including phenoxy) is 1. The van der Waals surface area contributed by atoms with Crippen LogP contribution in [0.4, 0.5) is 4.39 Å². The third kappa shape index (κ3) is 24.0. The zero-order valence-electron chi connectivity index (χ0n) is 22.1. The summed E-state index contributed by atoms with van der Waals surface area (Å²) in [4.78, 5) is 0. The van der Waals surface area contributed by atoms with E-state index in [4.69, 9.17) is 4.74 Å². The first kappa shape index (κ1) is 31.4. The molecule has 0 aromatic carbocycles. The summed E-state index contributed by atoms with van der Waals surface area (Å²) in [5.41, 5.74) is 0. The van der Waals surface area contributed by atoms with Gasteiger partial charge < -0.3 is 4.74 Å². The number of halogens is 1. The van der Waals surface area contributed by atoms with Crippen molar-refractivity contribution in [3.63, 3.8) is 0 Å². The Balaban J connectivity index is 3.49. The smallest absolute Gasteiger partial charge is 0.103 e. The number of rotatable bonds is 25. The maximum Gasteiger partial charge on any atom is 0.103 e. The van der Waals surface area contributed by atoms with Crippen molar-refractivity contribution in [1.29, 1.82) is 0 Å². The van der Waals surface area contributed by atoms with Crippen molar-refractivity contribution in [3.05, 3.63) is 24.3 Å². The molecule has 0 saturated heterocycles. The van der Waals surface area contributed by atoms with E-state index in [0.29, 0.717) is 12.8 Å². The molecule has 0 radical (unpaired) electrons. The molecule has 32 heavy (non-hydrogen) atoms. The molecule has 0 aliphatic heterocycles. The predicted octanol–water partition coefficient (Wildman–Crippen LogP) is 10.7. The van der Waals surface area contributed by atoms with Gasteiger partial charge in [0.05, 0.1) is 6.10 Å². The summed E-state index contributed by atoms with van der Waals surface area (Å²) < 4.78 is 19.9. The van der Waals surface area contributed by atoms with Crippen molar-refractivity contribution < 1.29 is 9.13 Å². The van der Waals surface area contributed by atoms with E-state index >= 15 is 0 Å². The van der Waals surface area contributed by atoms with Gasteiger partial charge in [0, 0.05) is 13.5 Å². The predicted molar refractivity (Wildman–Crippen MR) is 142 cm³/mol. The van der Waals surface area contributed by atoms with Crippen LogP contribution in [-0.4, -0.2) is 19.4 Å². The Morgan fingerprint density at radius 1 is 0.594 bits per heavy atom. The Hall–Kier alpha value is -0.630. The van der Waals surface area contributed by atoms with Crippen molar-refractivity contribution >= 4 is 0 Å². The standard InChI is InChI=1S/C30H57FO/c1-4-6-8-10-12-13-14-15-16-17-18-19-21-22-24-26-29(31)28-30(32-3)27-25-23-20-11-9-7-5-2/h12-13,15-16,29-30H,4-11,14,17-28H2,1-3H3. The quantitative estimate of drug-likeness (QED) is 0.0988.